The van der Waals surface area contributed by atoms with Gasteiger partial charge in [-0.2, -0.15) is 11.8 Å². The minimum atomic E-state index is -0.495. The van der Waals surface area contributed by atoms with E-state index in [2.05, 4.69) is 0 Å². The van der Waals surface area contributed by atoms with Crippen LogP contribution in [-0.4, -0.2) is 28.0 Å². The fraction of sp³-hybridized carbons (Fsp3) is 0.900. The van der Waals surface area contributed by atoms with Gasteiger partial charge in [-0.05, 0) is 19.3 Å². The summed E-state index contributed by atoms with van der Waals surface area (Å²) in [5.41, 5.74) is -0.495. The molecule has 1 saturated carbocycles. The zero-order chi connectivity index (χ0) is 9.31. The van der Waals surface area contributed by atoms with E-state index >= 15 is 0 Å². The summed E-state index contributed by atoms with van der Waals surface area (Å²) in [4.78, 5) is 11.4. The first-order chi connectivity index (χ1) is 6.20. The summed E-state index contributed by atoms with van der Waals surface area (Å²) in [6, 6.07) is 0. The van der Waals surface area contributed by atoms with Gasteiger partial charge in [0.15, 0.2) is 0 Å². The molecule has 2 fully saturated rings. The van der Waals surface area contributed by atoms with Crippen LogP contribution in [0.2, 0.25) is 0 Å². The van der Waals surface area contributed by atoms with E-state index in [1.807, 2.05) is 0 Å². The number of hydrogen-bond acceptors (Lipinski definition) is 3. The van der Waals surface area contributed by atoms with Crippen LogP contribution >= 0.6 is 11.8 Å². The lowest BCUT2D eigenvalue weighted by Gasteiger charge is -2.24. The van der Waals surface area contributed by atoms with Crippen LogP contribution in [0.4, 0.5) is 0 Å². The molecule has 1 aliphatic heterocycles. The Morgan fingerprint density at radius 3 is 2.69 bits per heavy atom. The van der Waals surface area contributed by atoms with Crippen molar-refractivity contribution in [3.8, 4) is 0 Å². The first-order valence-electron chi connectivity index (χ1n) is 5.02. The molecule has 0 spiro atoms. The van der Waals surface area contributed by atoms with E-state index in [-0.39, 0.29) is 5.92 Å². The van der Waals surface area contributed by atoms with Crippen molar-refractivity contribution in [3.63, 3.8) is 0 Å². The Bertz CT molecular complexity index is 209. The van der Waals surface area contributed by atoms with E-state index in [1.54, 1.807) is 11.8 Å². The second kappa shape index (κ2) is 3.62. The van der Waals surface area contributed by atoms with Crippen LogP contribution in [0.25, 0.3) is 0 Å². The van der Waals surface area contributed by atoms with E-state index in [1.165, 1.54) is 0 Å². The average molecular weight is 200 g/mol. The van der Waals surface area contributed by atoms with Gasteiger partial charge < -0.3 is 5.11 Å². The minimum absolute atomic E-state index is 0.146. The summed E-state index contributed by atoms with van der Waals surface area (Å²) >= 11 is 1.71. The van der Waals surface area contributed by atoms with E-state index < -0.39 is 5.60 Å². The van der Waals surface area contributed by atoms with Crippen LogP contribution in [0.15, 0.2) is 0 Å². The summed E-state index contributed by atoms with van der Waals surface area (Å²) in [7, 11) is 0. The van der Waals surface area contributed by atoms with Gasteiger partial charge in [-0.3, -0.25) is 4.79 Å². The van der Waals surface area contributed by atoms with Crippen molar-refractivity contribution in [2.75, 3.05) is 11.5 Å². The molecule has 74 valence electrons. The molecule has 2 rings (SSSR count). The Morgan fingerprint density at radius 2 is 2.15 bits per heavy atom. The number of ketones is 1. The number of hydrogen-bond donors (Lipinski definition) is 1. The molecule has 1 atom stereocenters. The maximum absolute atomic E-state index is 11.4. The third-order valence-electron chi connectivity index (χ3n) is 3.18. The summed E-state index contributed by atoms with van der Waals surface area (Å²) < 4.78 is 0. The molecule has 1 N–H and O–H groups in total. The Morgan fingerprint density at radius 1 is 1.46 bits per heavy atom. The van der Waals surface area contributed by atoms with Crippen LogP contribution in [0.3, 0.4) is 0 Å². The predicted molar refractivity (Wildman–Crippen MR) is 53.9 cm³/mol. The maximum atomic E-state index is 11.4. The van der Waals surface area contributed by atoms with Crippen LogP contribution in [0, 0.1) is 5.92 Å². The molecule has 1 heterocycles. The molecule has 3 heteroatoms. The van der Waals surface area contributed by atoms with Gasteiger partial charge in [-0.1, -0.05) is 12.8 Å². The fourth-order valence-corrected chi connectivity index (χ4v) is 3.52. The lowest BCUT2D eigenvalue weighted by Crippen LogP contribution is -2.30. The average Bonchev–Trinajstić information content (AvgIpc) is 2.64. The maximum Gasteiger partial charge on any atom is 0.146 e. The standard InChI is InChI=1S/C10H16O2S/c11-9-7-13-6-8(9)5-10(12)3-1-2-4-10/h8,12H,1-7H2. The summed E-state index contributed by atoms with van der Waals surface area (Å²) in [5.74, 6) is 2.10. The van der Waals surface area contributed by atoms with Crippen molar-refractivity contribution < 1.29 is 9.90 Å². The second-order valence-electron chi connectivity index (χ2n) is 4.31. The highest BCUT2D eigenvalue weighted by Crippen LogP contribution is 2.37. The summed E-state index contributed by atoms with van der Waals surface area (Å²) in [6.07, 6.45) is 4.79. The molecule has 0 radical (unpaired) electrons. The Kier molecular flexibility index (Phi) is 2.65. The summed E-state index contributed by atoms with van der Waals surface area (Å²) in [6.45, 7) is 0. The first kappa shape index (κ1) is 9.53. The van der Waals surface area contributed by atoms with Crippen molar-refractivity contribution in [3.05, 3.63) is 0 Å². The van der Waals surface area contributed by atoms with E-state index in [4.69, 9.17) is 0 Å². The van der Waals surface area contributed by atoms with E-state index in [0.29, 0.717) is 11.5 Å². The molecule has 2 nitrogen and oxygen atoms in total. The lowest BCUT2D eigenvalue weighted by atomic mass is 9.88. The van der Waals surface area contributed by atoms with Crippen molar-refractivity contribution in [2.24, 2.45) is 5.92 Å². The normalized spacial score (nSPS) is 32.7. The molecule has 1 aliphatic carbocycles. The van der Waals surface area contributed by atoms with Gasteiger partial charge in [0.25, 0.3) is 0 Å². The van der Waals surface area contributed by atoms with Gasteiger partial charge in [-0.15, -0.1) is 0 Å². The number of carbonyl (C=O) groups excluding carboxylic acids is 1. The van der Waals surface area contributed by atoms with Gasteiger partial charge >= 0.3 is 0 Å². The van der Waals surface area contributed by atoms with E-state index in [9.17, 15) is 9.90 Å². The fourth-order valence-electron chi connectivity index (χ4n) is 2.38. The van der Waals surface area contributed by atoms with E-state index in [0.717, 1.165) is 37.9 Å². The Hall–Kier alpha value is -0.0200. The Balaban J connectivity index is 1.92. The first-order valence-corrected chi connectivity index (χ1v) is 6.18. The van der Waals surface area contributed by atoms with Crippen LogP contribution in [-0.2, 0) is 4.79 Å². The van der Waals surface area contributed by atoms with Crippen LogP contribution < -0.4 is 0 Å². The quantitative estimate of drug-likeness (QED) is 0.736. The zero-order valence-electron chi connectivity index (χ0n) is 7.79. The molecule has 0 aromatic heterocycles. The molecule has 0 amide bonds. The molecular formula is C10H16O2S. The molecule has 0 bridgehead atoms. The number of aliphatic hydroxyl groups is 1. The van der Waals surface area contributed by atoms with Crippen LogP contribution in [0.1, 0.15) is 32.1 Å². The molecule has 2 aliphatic rings. The topological polar surface area (TPSA) is 37.3 Å². The number of rotatable bonds is 2. The number of Topliss-reactive ketones (excluding diaryl/α,β-unsaturated/α-hetero) is 1. The molecule has 0 aromatic carbocycles. The minimum Gasteiger partial charge on any atom is -0.390 e. The number of carbonyl (C=O) groups is 1. The second-order valence-corrected chi connectivity index (χ2v) is 5.34. The van der Waals surface area contributed by atoms with Gasteiger partial charge in [0.05, 0.1) is 11.4 Å². The summed E-state index contributed by atoms with van der Waals surface area (Å²) in [5, 5.41) is 10.1. The SMILES string of the molecule is O=C1CSCC1CC1(O)CCCC1. The number of thioether (sulfide) groups is 1. The largest absolute Gasteiger partial charge is 0.390 e. The Labute approximate surface area is 83.1 Å². The van der Waals surface area contributed by atoms with Crippen LogP contribution in [0.5, 0.6) is 0 Å². The van der Waals surface area contributed by atoms with Crippen molar-refractivity contribution in [1.29, 1.82) is 0 Å². The molecule has 1 saturated heterocycles. The monoisotopic (exact) mass is 200 g/mol. The lowest BCUT2D eigenvalue weighted by molar-refractivity contribution is -0.121. The zero-order valence-corrected chi connectivity index (χ0v) is 8.61. The van der Waals surface area contributed by atoms with Gasteiger partial charge in [0.1, 0.15) is 5.78 Å². The highest BCUT2D eigenvalue weighted by Gasteiger charge is 2.37. The smallest absolute Gasteiger partial charge is 0.146 e. The van der Waals surface area contributed by atoms with Crippen molar-refractivity contribution in [2.45, 2.75) is 37.7 Å². The molecular weight excluding hydrogens is 184 g/mol. The highest BCUT2D eigenvalue weighted by molar-refractivity contribution is 8.00. The van der Waals surface area contributed by atoms with Gasteiger partial charge in [0.2, 0.25) is 0 Å². The molecule has 13 heavy (non-hydrogen) atoms. The van der Waals surface area contributed by atoms with Gasteiger partial charge in [0, 0.05) is 11.7 Å². The predicted octanol–water partition coefficient (Wildman–Crippen LogP) is 1.61. The van der Waals surface area contributed by atoms with Gasteiger partial charge in [-0.25, -0.2) is 0 Å². The van der Waals surface area contributed by atoms with Crippen molar-refractivity contribution in [1.82, 2.24) is 0 Å². The molecule has 0 aromatic rings. The third kappa shape index (κ3) is 2.08. The molecule has 1 unspecified atom stereocenters. The highest BCUT2D eigenvalue weighted by atomic mass is 32.2. The third-order valence-corrected chi connectivity index (χ3v) is 4.31. The van der Waals surface area contributed by atoms with Crippen molar-refractivity contribution >= 4 is 17.5 Å².